The van der Waals surface area contributed by atoms with Crippen LogP contribution >= 0.6 is 11.6 Å². The Morgan fingerprint density at radius 2 is 1.53 bits per heavy atom. The average Bonchev–Trinajstić information content (AvgIpc) is 2.55. The van der Waals surface area contributed by atoms with E-state index in [1.807, 2.05) is 0 Å². The van der Waals surface area contributed by atoms with Crippen LogP contribution in [0.3, 0.4) is 0 Å². The van der Waals surface area contributed by atoms with Gasteiger partial charge < -0.3 is 0 Å². The van der Waals surface area contributed by atoms with Crippen LogP contribution < -0.4 is 0 Å². The molecule has 88 valence electrons. The molecule has 0 N–H and O–H groups in total. The Labute approximate surface area is 99.2 Å². The molecule has 2 rings (SSSR count). The van der Waals surface area contributed by atoms with Crippen LogP contribution in [0.2, 0.25) is 0 Å². The number of hydrogen-bond acceptors (Lipinski definition) is 1. The van der Waals surface area contributed by atoms with Gasteiger partial charge in [-0.1, -0.05) is 32.1 Å². The van der Waals surface area contributed by atoms with E-state index in [4.69, 9.17) is 11.6 Å². The smallest absolute Gasteiger partial charge is 0.0379 e. The molecule has 1 unspecified atom stereocenters. The van der Waals surface area contributed by atoms with Crippen LogP contribution in [0.25, 0.3) is 0 Å². The van der Waals surface area contributed by atoms with Gasteiger partial charge in [-0.15, -0.1) is 11.6 Å². The Hall–Kier alpha value is 0.250. The first-order valence-corrected chi connectivity index (χ1v) is 7.27. The molecule has 0 aromatic heterocycles. The molecular formula is C13H24ClN. The molecule has 0 aromatic carbocycles. The standard InChI is InChI=1S/C13H24ClN/c14-11-13-9-5-2-6-10-15(13)12-7-3-1-4-8-12/h12-13H,1-11H2. The van der Waals surface area contributed by atoms with Gasteiger partial charge in [-0.25, -0.2) is 0 Å². The Kier molecular flexibility index (Phi) is 4.77. The van der Waals surface area contributed by atoms with Crippen LogP contribution in [-0.4, -0.2) is 29.4 Å². The summed E-state index contributed by atoms with van der Waals surface area (Å²) in [6, 6.07) is 1.54. The summed E-state index contributed by atoms with van der Waals surface area (Å²) in [5.41, 5.74) is 0. The molecule has 1 saturated carbocycles. The fraction of sp³-hybridized carbons (Fsp3) is 1.00. The van der Waals surface area contributed by atoms with Gasteiger partial charge in [0, 0.05) is 18.0 Å². The third kappa shape index (κ3) is 3.10. The second-order valence-electron chi connectivity index (χ2n) is 5.19. The lowest BCUT2D eigenvalue weighted by Gasteiger charge is -2.38. The maximum Gasteiger partial charge on any atom is 0.0379 e. The molecule has 0 amide bonds. The Morgan fingerprint density at radius 1 is 0.867 bits per heavy atom. The van der Waals surface area contributed by atoms with Gasteiger partial charge in [0.05, 0.1) is 0 Å². The lowest BCUT2D eigenvalue weighted by atomic mass is 9.93. The van der Waals surface area contributed by atoms with Gasteiger partial charge in [-0.2, -0.15) is 0 Å². The molecule has 0 radical (unpaired) electrons. The number of rotatable bonds is 2. The molecule has 1 nitrogen and oxygen atoms in total. The van der Waals surface area contributed by atoms with Crippen LogP contribution in [0.4, 0.5) is 0 Å². The van der Waals surface area contributed by atoms with Crippen molar-refractivity contribution in [3.05, 3.63) is 0 Å². The van der Waals surface area contributed by atoms with E-state index < -0.39 is 0 Å². The van der Waals surface area contributed by atoms with Crippen molar-refractivity contribution < 1.29 is 0 Å². The zero-order valence-electron chi connectivity index (χ0n) is 9.76. The minimum atomic E-state index is 0.678. The normalized spacial score (nSPS) is 31.4. The van der Waals surface area contributed by atoms with Crippen LogP contribution in [0.5, 0.6) is 0 Å². The first kappa shape index (κ1) is 11.7. The molecule has 1 atom stereocenters. The van der Waals surface area contributed by atoms with E-state index in [0.29, 0.717) is 6.04 Å². The minimum Gasteiger partial charge on any atom is -0.296 e. The van der Waals surface area contributed by atoms with E-state index in [0.717, 1.165) is 11.9 Å². The summed E-state index contributed by atoms with van der Waals surface area (Å²) in [7, 11) is 0. The first-order chi connectivity index (χ1) is 7.42. The van der Waals surface area contributed by atoms with Crippen LogP contribution in [0.15, 0.2) is 0 Å². The van der Waals surface area contributed by atoms with E-state index >= 15 is 0 Å². The van der Waals surface area contributed by atoms with E-state index in [-0.39, 0.29) is 0 Å². The Bertz CT molecular complexity index is 177. The van der Waals surface area contributed by atoms with Crippen molar-refractivity contribution >= 4 is 11.6 Å². The summed E-state index contributed by atoms with van der Waals surface area (Å²) in [5, 5.41) is 0. The molecule has 1 aliphatic carbocycles. The fourth-order valence-electron chi connectivity index (χ4n) is 3.26. The SMILES string of the molecule is ClCC1CCCCCN1C1CCCCC1. The highest BCUT2D eigenvalue weighted by atomic mass is 35.5. The summed E-state index contributed by atoms with van der Waals surface area (Å²) in [6.45, 7) is 1.31. The van der Waals surface area contributed by atoms with Gasteiger partial charge in [-0.3, -0.25) is 4.90 Å². The number of halogens is 1. The lowest BCUT2D eigenvalue weighted by molar-refractivity contribution is 0.117. The van der Waals surface area contributed by atoms with E-state index in [9.17, 15) is 0 Å². The first-order valence-electron chi connectivity index (χ1n) is 6.73. The van der Waals surface area contributed by atoms with Gasteiger partial charge in [-0.05, 0) is 32.2 Å². The molecule has 0 bridgehead atoms. The third-order valence-electron chi connectivity index (χ3n) is 4.14. The van der Waals surface area contributed by atoms with Crippen molar-refractivity contribution in [2.24, 2.45) is 0 Å². The number of likely N-dealkylation sites (tertiary alicyclic amines) is 1. The van der Waals surface area contributed by atoms with E-state index in [1.54, 1.807) is 0 Å². The molecule has 2 aliphatic rings. The Balaban J connectivity index is 1.95. The Morgan fingerprint density at radius 3 is 2.27 bits per heavy atom. The van der Waals surface area contributed by atoms with Crippen molar-refractivity contribution in [1.29, 1.82) is 0 Å². The summed E-state index contributed by atoms with van der Waals surface area (Å²) in [6.07, 6.45) is 12.7. The van der Waals surface area contributed by atoms with Gasteiger partial charge in [0.25, 0.3) is 0 Å². The van der Waals surface area contributed by atoms with Crippen molar-refractivity contribution in [3.63, 3.8) is 0 Å². The average molecular weight is 230 g/mol. The molecule has 2 heteroatoms. The second-order valence-corrected chi connectivity index (χ2v) is 5.50. The van der Waals surface area contributed by atoms with Crippen LogP contribution in [-0.2, 0) is 0 Å². The van der Waals surface area contributed by atoms with Crippen molar-refractivity contribution in [1.82, 2.24) is 4.90 Å². The van der Waals surface area contributed by atoms with Crippen LogP contribution in [0.1, 0.15) is 57.8 Å². The fourth-order valence-corrected chi connectivity index (χ4v) is 3.59. The minimum absolute atomic E-state index is 0.678. The second kappa shape index (κ2) is 6.10. The summed E-state index contributed by atoms with van der Waals surface area (Å²) >= 11 is 6.13. The monoisotopic (exact) mass is 229 g/mol. The third-order valence-corrected chi connectivity index (χ3v) is 4.50. The zero-order chi connectivity index (χ0) is 10.5. The number of alkyl halides is 1. The highest BCUT2D eigenvalue weighted by Gasteiger charge is 2.27. The number of nitrogens with zero attached hydrogens (tertiary/aromatic N) is 1. The predicted octanol–water partition coefficient (Wildman–Crippen LogP) is 3.80. The maximum atomic E-state index is 6.13. The van der Waals surface area contributed by atoms with Crippen LogP contribution in [0, 0.1) is 0 Å². The van der Waals surface area contributed by atoms with Gasteiger partial charge in [0.15, 0.2) is 0 Å². The molecule has 2 fully saturated rings. The summed E-state index contributed by atoms with van der Waals surface area (Å²) in [5.74, 6) is 0.844. The maximum absolute atomic E-state index is 6.13. The lowest BCUT2D eigenvalue weighted by Crippen LogP contribution is -2.44. The molecule has 1 saturated heterocycles. The highest BCUT2D eigenvalue weighted by molar-refractivity contribution is 6.18. The van der Waals surface area contributed by atoms with Gasteiger partial charge >= 0.3 is 0 Å². The largest absolute Gasteiger partial charge is 0.296 e. The summed E-state index contributed by atoms with van der Waals surface area (Å²) in [4.78, 5) is 2.75. The molecule has 15 heavy (non-hydrogen) atoms. The highest BCUT2D eigenvalue weighted by Crippen LogP contribution is 2.28. The van der Waals surface area contributed by atoms with Crippen molar-refractivity contribution in [2.45, 2.75) is 69.9 Å². The van der Waals surface area contributed by atoms with Gasteiger partial charge in [0.2, 0.25) is 0 Å². The molecule has 0 spiro atoms. The van der Waals surface area contributed by atoms with Gasteiger partial charge in [0.1, 0.15) is 0 Å². The number of hydrogen-bond donors (Lipinski definition) is 0. The quantitative estimate of drug-likeness (QED) is 0.651. The molecule has 0 aromatic rings. The van der Waals surface area contributed by atoms with E-state index in [1.165, 1.54) is 64.3 Å². The summed E-state index contributed by atoms with van der Waals surface area (Å²) < 4.78 is 0. The molecule has 1 heterocycles. The van der Waals surface area contributed by atoms with Crippen molar-refractivity contribution in [2.75, 3.05) is 12.4 Å². The zero-order valence-corrected chi connectivity index (χ0v) is 10.5. The predicted molar refractivity (Wildman–Crippen MR) is 66.6 cm³/mol. The topological polar surface area (TPSA) is 3.24 Å². The van der Waals surface area contributed by atoms with Crippen molar-refractivity contribution in [3.8, 4) is 0 Å². The van der Waals surface area contributed by atoms with E-state index in [2.05, 4.69) is 4.90 Å². The molecule has 1 aliphatic heterocycles. The molecular weight excluding hydrogens is 206 g/mol.